The molecule has 5 heterocycles. The van der Waals surface area contributed by atoms with Gasteiger partial charge in [-0.1, -0.05) is 0 Å². The Morgan fingerprint density at radius 1 is 1.13 bits per heavy atom. The summed E-state index contributed by atoms with van der Waals surface area (Å²) in [6.07, 6.45) is 2.67. The van der Waals surface area contributed by atoms with Crippen molar-refractivity contribution in [2.45, 2.75) is 31.3 Å². The molecule has 3 N–H and O–H groups in total. The van der Waals surface area contributed by atoms with E-state index in [1.807, 2.05) is 33.5 Å². The van der Waals surface area contributed by atoms with Crippen LogP contribution in [0.25, 0.3) is 5.65 Å². The highest BCUT2D eigenvalue weighted by Crippen LogP contribution is 2.36. The average Bonchev–Trinajstić information content (AvgIpc) is 3.37. The number of amides is 2. The molecular weight excluding hydrogens is 500 g/mol. The van der Waals surface area contributed by atoms with Crippen LogP contribution in [-0.4, -0.2) is 90.8 Å². The summed E-state index contributed by atoms with van der Waals surface area (Å²) >= 11 is 0. The normalized spacial score (nSPS) is 20.8. The number of nitrogens with one attached hydrogen (secondary N) is 1. The van der Waals surface area contributed by atoms with Gasteiger partial charge in [0.15, 0.2) is 12.3 Å². The lowest BCUT2D eigenvalue weighted by Gasteiger charge is -2.38. The lowest BCUT2D eigenvalue weighted by molar-refractivity contribution is -0.123. The Labute approximate surface area is 226 Å². The Morgan fingerprint density at radius 2 is 1.97 bits per heavy atom. The molecule has 3 aliphatic rings. The number of carbonyl (C=O) groups is 2. The van der Waals surface area contributed by atoms with Crippen LogP contribution >= 0.6 is 0 Å². The minimum atomic E-state index is -0.267. The van der Waals surface area contributed by atoms with Crippen molar-refractivity contribution in [2.24, 2.45) is 5.73 Å². The molecule has 0 aliphatic carbocycles. The van der Waals surface area contributed by atoms with Gasteiger partial charge in [-0.15, -0.1) is 0 Å². The van der Waals surface area contributed by atoms with Crippen LogP contribution in [0.15, 0.2) is 30.3 Å². The third kappa shape index (κ3) is 4.80. The largest absolute Gasteiger partial charge is 0.497 e. The number of rotatable bonds is 2. The number of aromatic nitrogens is 3. The van der Waals surface area contributed by atoms with Crippen LogP contribution < -0.4 is 30.3 Å². The Morgan fingerprint density at radius 3 is 2.77 bits per heavy atom. The maximum absolute atomic E-state index is 14.0. The first-order valence-electron chi connectivity index (χ1n) is 13.4. The van der Waals surface area contributed by atoms with Gasteiger partial charge in [-0.3, -0.25) is 9.59 Å². The van der Waals surface area contributed by atoms with E-state index in [0.717, 1.165) is 49.7 Å². The number of hydrogen-bond acceptors (Lipinski definition) is 9. The van der Waals surface area contributed by atoms with Crippen molar-refractivity contribution in [3.05, 3.63) is 41.6 Å². The van der Waals surface area contributed by atoms with E-state index < -0.39 is 0 Å². The number of anilines is 2. The highest BCUT2D eigenvalue weighted by atomic mass is 16.5. The third-order valence-corrected chi connectivity index (χ3v) is 7.69. The van der Waals surface area contributed by atoms with Crippen LogP contribution in [0.1, 0.15) is 41.4 Å². The molecule has 2 aromatic heterocycles. The van der Waals surface area contributed by atoms with Gasteiger partial charge in [0.25, 0.3) is 11.8 Å². The number of carbonyl (C=O) groups excluding carboxylic acids is 2. The number of piperidine rings is 1. The van der Waals surface area contributed by atoms with Crippen LogP contribution in [-0.2, 0) is 4.79 Å². The number of hydrogen-bond donors (Lipinski definition) is 2. The van der Waals surface area contributed by atoms with E-state index in [0.29, 0.717) is 42.3 Å². The fraction of sp³-hybridized carbons (Fsp3) is 0.481. The number of likely N-dealkylation sites (N-methyl/N-ethyl adjacent to an activating group) is 1. The molecule has 1 atom stereocenters. The van der Waals surface area contributed by atoms with Crippen LogP contribution in [0.3, 0.4) is 0 Å². The quantitative estimate of drug-likeness (QED) is 0.498. The van der Waals surface area contributed by atoms with Crippen LogP contribution in [0.5, 0.6) is 11.5 Å². The van der Waals surface area contributed by atoms with Gasteiger partial charge >= 0.3 is 0 Å². The summed E-state index contributed by atoms with van der Waals surface area (Å²) < 4.78 is 13.1. The molecule has 39 heavy (non-hydrogen) atoms. The average molecular weight is 535 g/mol. The summed E-state index contributed by atoms with van der Waals surface area (Å²) in [4.78, 5) is 37.6. The first kappa shape index (κ1) is 25.2. The first-order valence-corrected chi connectivity index (χ1v) is 13.4. The van der Waals surface area contributed by atoms with Crippen molar-refractivity contribution in [1.29, 1.82) is 0 Å². The molecule has 0 saturated carbocycles. The summed E-state index contributed by atoms with van der Waals surface area (Å²) in [7, 11) is 3.52. The molecule has 2 saturated heterocycles. The lowest BCUT2D eigenvalue weighted by atomic mass is 9.98. The van der Waals surface area contributed by atoms with Crippen LogP contribution in [0.2, 0.25) is 0 Å². The van der Waals surface area contributed by atoms with E-state index >= 15 is 0 Å². The maximum Gasteiger partial charge on any atom is 0.258 e. The summed E-state index contributed by atoms with van der Waals surface area (Å²) in [5.74, 6) is 2.13. The zero-order valence-electron chi connectivity index (χ0n) is 22.3. The number of fused-ring (bicyclic) bond motifs is 4. The highest BCUT2D eigenvalue weighted by molar-refractivity contribution is 5.98. The molecule has 6 rings (SSSR count). The predicted molar refractivity (Wildman–Crippen MR) is 146 cm³/mol. The van der Waals surface area contributed by atoms with E-state index in [-0.39, 0.29) is 30.5 Å². The SMILES string of the molecule is COc1ccc2c(c1)C(=O)N1CCCC[C@H]1c1cc3nc(N4CC(N)C4)cc(n3n1)N(C)CCNC(=O)CO2. The Kier molecular flexibility index (Phi) is 6.63. The predicted octanol–water partition coefficient (Wildman–Crippen LogP) is 1.20. The van der Waals surface area contributed by atoms with Crippen molar-refractivity contribution < 1.29 is 19.1 Å². The Hall–Kier alpha value is -4.06. The lowest BCUT2D eigenvalue weighted by Crippen LogP contribution is -2.56. The monoisotopic (exact) mass is 534 g/mol. The summed E-state index contributed by atoms with van der Waals surface area (Å²) in [5, 5.41) is 7.89. The molecule has 3 aliphatic heterocycles. The number of nitrogens with zero attached hydrogens (tertiary/aromatic N) is 6. The van der Waals surface area contributed by atoms with Crippen LogP contribution in [0, 0.1) is 0 Å². The standard InChI is InChI=1S/C27H34N8O4/c1-32-10-8-29-25(36)16-39-22-7-6-18(38-2)11-19(22)27(37)34-9-4-3-5-21(34)20-12-24-30-23(33-14-17(28)15-33)13-26(32)35(24)31-20/h6-7,11-13,17,21H,3-5,8-10,14-16,28H2,1-2H3,(H,29,36)/t21-/m0/s1. The van der Waals surface area contributed by atoms with Crippen molar-refractivity contribution >= 4 is 29.1 Å². The van der Waals surface area contributed by atoms with E-state index in [9.17, 15) is 9.59 Å². The van der Waals surface area contributed by atoms with Crippen molar-refractivity contribution in [2.75, 3.05) is 63.3 Å². The fourth-order valence-corrected chi connectivity index (χ4v) is 5.50. The number of benzene rings is 1. The molecule has 0 radical (unpaired) electrons. The number of ether oxygens (including phenoxy) is 2. The maximum atomic E-state index is 14.0. The van der Waals surface area contributed by atoms with Gasteiger partial charge in [-0.2, -0.15) is 9.61 Å². The minimum absolute atomic E-state index is 0.139. The summed E-state index contributed by atoms with van der Waals surface area (Å²) in [5.41, 5.74) is 7.92. The van der Waals surface area contributed by atoms with E-state index in [1.54, 1.807) is 25.3 Å². The minimum Gasteiger partial charge on any atom is -0.497 e. The van der Waals surface area contributed by atoms with Crippen LogP contribution in [0.4, 0.5) is 11.6 Å². The van der Waals surface area contributed by atoms with E-state index in [4.69, 9.17) is 25.3 Å². The highest BCUT2D eigenvalue weighted by Gasteiger charge is 2.33. The molecular formula is C27H34N8O4. The van der Waals surface area contributed by atoms with Gasteiger partial charge < -0.3 is 35.2 Å². The van der Waals surface area contributed by atoms with Crippen molar-refractivity contribution in [1.82, 2.24) is 24.8 Å². The number of nitrogens with two attached hydrogens (primary N) is 1. The van der Waals surface area contributed by atoms with E-state index in [1.165, 1.54) is 0 Å². The molecule has 2 fully saturated rings. The summed E-state index contributed by atoms with van der Waals surface area (Å²) in [6.45, 7) is 2.85. The van der Waals surface area contributed by atoms with Crippen molar-refractivity contribution in [3.63, 3.8) is 0 Å². The third-order valence-electron chi connectivity index (χ3n) is 7.69. The van der Waals surface area contributed by atoms with Gasteiger partial charge in [0, 0.05) is 57.9 Å². The Bertz CT molecular complexity index is 1400. The molecule has 2 bridgehead atoms. The zero-order chi connectivity index (χ0) is 27.1. The molecule has 3 aromatic rings. The molecule has 1 aromatic carbocycles. The van der Waals surface area contributed by atoms with E-state index in [2.05, 4.69) is 10.2 Å². The molecule has 0 spiro atoms. The smallest absolute Gasteiger partial charge is 0.258 e. The Balaban J connectivity index is 1.46. The molecule has 12 heteroatoms. The second-order valence-electron chi connectivity index (χ2n) is 10.4. The van der Waals surface area contributed by atoms with Gasteiger partial charge in [0.1, 0.15) is 23.1 Å². The fourth-order valence-electron chi connectivity index (χ4n) is 5.50. The second-order valence-corrected chi connectivity index (χ2v) is 10.4. The second kappa shape index (κ2) is 10.3. The van der Waals surface area contributed by atoms with Gasteiger partial charge in [0.2, 0.25) is 0 Å². The van der Waals surface area contributed by atoms with Gasteiger partial charge in [-0.05, 0) is 37.5 Å². The topological polar surface area (TPSA) is 131 Å². The molecule has 12 nitrogen and oxygen atoms in total. The molecule has 2 amide bonds. The first-order chi connectivity index (χ1) is 18.9. The van der Waals surface area contributed by atoms with Gasteiger partial charge in [-0.25, -0.2) is 4.98 Å². The molecule has 206 valence electrons. The van der Waals surface area contributed by atoms with Gasteiger partial charge in [0.05, 0.1) is 24.4 Å². The zero-order valence-corrected chi connectivity index (χ0v) is 22.3. The molecule has 0 unspecified atom stereocenters. The number of methoxy groups -OCH3 is 1. The van der Waals surface area contributed by atoms with Crippen molar-refractivity contribution in [3.8, 4) is 11.5 Å². The summed E-state index contributed by atoms with van der Waals surface area (Å²) in [6, 6.07) is 8.99.